The highest BCUT2D eigenvalue weighted by Gasteiger charge is 2.30. The van der Waals surface area contributed by atoms with Crippen LogP contribution >= 0.6 is 46.4 Å². The highest BCUT2D eigenvalue weighted by atomic mass is 35.5. The number of benzene rings is 2. The standard InChI is InChI=1S/C21H20Cl4N2O4/c1-10(2)18(27-20(29)12-6-4-5-7-13(12)22)21(30)31-11(3)19(28)26-17-9-15(24)14(23)8-16(17)25/h4-11,18H,1-3H3,(H,26,28)(H,27,29)/t11-,18-/m0/s1. The molecule has 2 atom stereocenters. The second-order valence-corrected chi connectivity index (χ2v) is 8.62. The molecule has 0 heterocycles. The van der Waals surface area contributed by atoms with E-state index in [1.807, 2.05) is 0 Å². The molecule has 0 aromatic heterocycles. The Balaban J connectivity index is 2.06. The maximum atomic E-state index is 12.7. The van der Waals surface area contributed by atoms with Gasteiger partial charge in [0.2, 0.25) is 0 Å². The maximum absolute atomic E-state index is 12.7. The van der Waals surface area contributed by atoms with Crippen LogP contribution in [0.4, 0.5) is 5.69 Å². The van der Waals surface area contributed by atoms with E-state index >= 15 is 0 Å². The van der Waals surface area contributed by atoms with E-state index < -0.39 is 29.9 Å². The Morgan fingerprint density at radius 3 is 2.10 bits per heavy atom. The zero-order valence-corrected chi connectivity index (χ0v) is 19.9. The predicted molar refractivity (Wildman–Crippen MR) is 123 cm³/mol. The maximum Gasteiger partial charge on any atom is 0.329 e. The number of hydrogen-bond acceptors (Lipinski definition) is 4. The zero-order valence-electron chi connectivity index (χ0n) is 16.8. The first-order valence-electron chi connectivity index (χ1n) is 9.22. The van der Waals surface area contributed by atoms with E-state index in [0.29, 0.717) is 0 Å². The fraction of sp³-hybridized carbons (Fsp3) is 0.286. The van der Waals surface area contributed by atoms with Gasteiger partial charge in [-0.2, -0.15) is 0 Å². The van der Waals surface area contributed by atoms with Crippen LogP contribution in [0.2, 0.25) is 20.1 Å². The Morgan fingerprint density at radius 1 is 0.871 bits per heavy atom. The van der Waals surface area contributed by atoms with E-state index in [2.05, 4.69) is 10.6 Å². The molecule has 0 bridgehead atoms. The third kappa shape index (κ3) is 6.74. The van der Waals surface area contributed by atoms with Crippen LogP contribution in [-0.4, -0.2) is 29.9 Å². The molecule has 10 heteroatoms. The Labute approximate surface area is 200 Å². The number of ether oxygens (including phenoxy) is 1. The Bertz CT molecular complexity index is 997. The molecule has 0 spiro atoms. The van der Waals surface area contributed by atoms with Crippen molar-refractivity contribution in [3.05, 3.63) is 62.1 Å². The van der Waals surface area contributed by atoms with Gasteiger partial charge >= 0.3 is 5.97 Å². The molecule has 31 heavy (non-hydrogen) atoms. The van der Waals surface area contributed by atoms with E-state index in [-0.39, 0.29) is 37.3 Å². The van der Waals surface area contributed by atoms with Crippen LogP contribution in [0.15, 0.2) is 36.4 Å². The predicted octanol–water partition coefficient (Wildman–Crippen LogP) is 5.63. The molecule has 2 aromatic carbocycles. The zero-order chi connectivity index (χ0) is 23.3. The summed E-state index contributed by atoms with van der Waals surface area (Å²) in [7, 11) is 0. The number of hydrogen-bond donors (Lipinski definition) is 2. The minimum atomic E-state index is -1.17. The van der Waals surface area contributed by atoms with Gasteiger partial charge in [0.15, 0.2) is 6.10 Å². The lowest BCUT2D eigenvalue weighted by Gasteiger charge is -2.23. The van der Waals surface area contributed by atoms with Gasteiger partial charge in [0.1, 0.15) is 6.04 Å². The van der Waals surface area contributed by atoms with E-state index in [1.54, 1.807) is 32.0 Å². The first kappa shape index (κ1) is 25.3. The quantitative estimate of drug-likeness (QED) is 0.377. The Morgan fingerprint density at radius 2 is 1.48 bits per heavy atom. The number of carbonyl (C=O) groups is 3. The van der Waals surface area contributed by atoms with Crippen LogP contribution in [0.1, 0.15) is 31.1 Å². The summed E-state index contributed by atoms with van der Waals surface area (Å²) in [4.78, 5) is 37.6. The summed E-state index contributed by atoms with van der Waals surface area (Å²) in [6, 6.07) is 8.23. The molecule has 0 saturated heterocycles. The molecule has 2 amide bonds. The molecule has 0 aliphatic rings. The van der Waals surface area contributed by atoms with Crippen molar-refractivity contribution in [3.63, 3.8) is 0 Å². The third-order valence-corrected chi connectivity index (χ3v) is 5.62. The second kappa shape index (κ2) is 11.0. The van der Waals surface area contributed by atoms with Crippen molar-refractivity contribution >= 4 is 69.9 Å². The van der Waals surface area contributed by atoms with Crippen LogP contribution in [0.3, 0.4) is 0 Å². The van der Waals surface area contributed by atoms with Crippen molar-refractivity contribution in [1.29, 1.82) is 0 Å². The molecule has 0 radical (unpaired) electrons. The van der Waals surface area contributed by atoms with Crippen molar-refractivity contribution in [2.24, 2.45) is 5.92 Å². The molecule has 0 aliphatic heterocycles. The van der Waals surface area contributed by atoms with Crippen LogP contribution in [-0.2, 0) is 14.3 Å². The molecule has 0 fully saturated rings. The summed E-state index contributed by atoms with van der Waals surface area (Å²) in [5.41, 5.74) is 0.444. The monoisotopic (exact) mass is 504 g/mol. The van der Waals surface area contributed by atoms with Gasteiger partial charge in [-0.15, -0.1) is 0 Å². The fourth-order valence-corrected chi connectivity index (χ4v) is 3.33. The van der Waals surface area contributed by atoms with Gasteiger partial charge in [-0.25, -0.2) is 4.79 Å². The molecule has 2 N–H and O–H groups in total. The van der Waals surface area contributed by atoms with E-state index in [9.17, 15) is 14.4 Å². The van der Waals surface area contributed by atoms with E-state index in [1.165, 1.54) is 25.1 Å². The first-order chi connectivity index (χ1) is 14.5. The Kier molecular flexibility index (Phi) is 9.01. The van der Waals surface area contributed by atoms with Gasteiger partial charge < -0.3 is 15.4 Å². The second-order valence-electron chi connectivity index (χ2n) is 6.99. The summed E-state index contributed by atoms with van der Waals surface area (Å²) >= 11 is 23.9. The van der Waals surface area contributed by atoms with Gasteiger partial charge in [0.25, 0.3) is 11.8 Å². The van der Waals surface area contributed by atoms with Crippen LogP contribution in [0, 0.1) is 5.92 Å². The van der Waals surface area contributed by atoms with Gasteiger partial charge in [0, 0.05) is 0 Å². The van der Waals surface area contributed by atoms with Crippen molar-refractivity contribution in [1.82, 2.24) is 5.32 Å². The van der Waals surface area contributed by atoms with Crippen molar-refractivity contribution < 1.29 is 19.1 Å². The average molecular weight is 506 g/mol. The van der Waals surface area contributed by atoms with Crippen LogP contribution in [0.5, 0.6) is 0 Å². The number of halogens is 4. The van der Waals surface area contributed by atoms with Crippen molar-refractivity contribution in [3.8, 4) is 0 Å². The lowest BCUT2D eigenvalue weighted by atomic mass is 10.0. The summed E-state index contributed by atoms with van der Waals surface area (Å²) < 4.78 is 5.27. The van der Waals surface area contributed by atoms with Gasteiger partial charge in [-0.1, -0.05) is 72.4 Å². The first-order valence-corrected chi connectivity index (χ1v) is 10.7. The molecule has 0 unspecified atom stereocenters. The van der Waals surface area contributed by atoms with Gasteiger partial charge in [-0.3, -0.25) is 9.59 Å². The summed E-state index contributed by atoms with van der Waals surface area (Å²) in [5, 5.41) is 6.00. The lowest BCUT2D eigenvalue weighted by molar-refractivity contribution is -0.156. The smallest absolute Gasteiger partial charge is 0.329 e. The number of amides is 2. The van der Waals surface area contributed by atoms with Crippen LogP contribution < -0.4 is 10.6 Å². The average Bonchev–Trinajstić information content (AvgIpc) is 2.69. The third-order valence-electron chi connectivity index (χ3n) is 4.26. The van der Waals surface area contributed by atoms with Crippen LogP contribution in [0.25, 0.3) is 0 Å². The molecular formula is C21H20Cl4N2O4. The number of esters is 1. The molecule has 2 rings (SSSR count). The number of anilines is 1. The molecular weight excluding hydrogens is 486 g/mol. The van der Waals surface area contributed by atoms with E-state index in [4.69, 9.17) is 51.1 Å². The van der Waals surface area contributed by atoms with E-state index in [0.717, 1.165) is 0 Å². The normalized spacial score (nSPS) is 12.8. The summed E-state index contributed by atoms with van der Waals surface area (Å²) in [6.07, 6.45) is -1.17. The summed E-state index contributed by atoms with van der Waals surface area (Å²) in [5.74, 6) is -2.23. The Hall–Kier alpha value is -1.99. The molecule has 0 saturated carbocycles. The molecule has 0 aliphatic carbocycles. The minimum Gasteiger partial charge on any atom is -0.451 e. The molecule has 6 nitrogen and oxygen atoms in total. The highest BCUT2D eigenvalue weighted by molar-refractivity contribution is 6.44. The fourth-order valence-electron chi connectivity index (χ4n) is 2.52. The molecule has 166 valence electrons. The molecule has 2 aromatic rings. The lowest BCUT2D eigenvalue weighted by Crippen LogP contribution is -2.47. The number of carbonyl (C=O) groups excluding carboxylic acids is 3. The number of rotatable bonds is 7. The highest BCUT2D eigenvalue weighted by Crippen LogP contribution is 2.32. The minimum absolute atomic E-state index is 0.174. The summed E-state index contributed by atoms with van der Waals surface area (Å²) in [6.45, 7) is 4.87. The SMILES string of the molecule is CC(C)[C@H](NC(=O)c1ccccc1Cl)C(=O)O[C@@H](C)C(=O)Nc1cc(Cl)c(Cl)cc1Cl. The topological polar surface area (TPSA) is 84.5 Å². The number of nitrogens with one attached hydrogen (secondary N) is 2. The van der Waals surface area contributed by atoms with Crippen molar-refractivity contribution in [2.75, 3.05) is 5.32 Å². The largest absolute Gasteiger partial charge is 0.451 e. The van der Waals surface area contributed by atoms with Gasteiger partial charge in [-0.05, 0) is 37.1 Å². The van der Waals surface area contributed by atoms with Crippen molar-refractivity contribution in [2.45, 2.75) is 32.9 Å². The van der Waals surface area contributed by atoms with Gasteiger partial charge in [0.05, 0.1) is 31.3 Å².